The summed E-state index contributed by atoms with van der Waals surface area (Å²) in [4.78, 5) is 0. The first-order chi connectivity index (χ1) is 11.7. The van der Waals surface area contributed by atoms with Crippen LogP contribution in [0.2, 0.25) is 0 Å². The van der Waals surface area contributed by atoms with Crippen LogP contribution in [0.5, 0.6) is 0 Å². The predicted octanol–water partition coefficient (Wildman–Crippen LogP) is 4.13. The Morgan fingerprint density at radius 2 is 1.33 bits per heavy atom. The van der Waals surface area contributed by atoms with E-state index in [0.29, 0.717) is 0 Å². The van der Waals surface area contributed by atoms with Gasteiger partial charge in [0.15, 0.2) is 0 Å². The molecular formula is C20H41NO3. The highest BCUT2D eigenvalue weighted by molar-refractivity contribution is 4.86. The van der Waals surface area contributed by atoms with Crippen LogP contribution in [0, 0.1) is 0 Å². The largest absolute Gasteiger partial charge is 0.395 e. The average Bonchev–Trinajstić information content (AvgIpc) is 2.58. The third-order valence-electron chi connectivity index (χ3n) is 5.16. The molecular weight excluding hydrogens is 302 g/mol. The normalized spacial score (nSPS) is 27.5. The summed E-state index contributed by atoms with van der Waals surface area (Å²) in [5.74, 6) is 0. The molecule has 0 aliphatic carbocycles. The minimum absolute atomic E-state index is 0.0379. The van der Waals surface area contributed by atoms with Gasteiger partial charge in [0, 0.05) is 0 Å². The summed E-state index contributed by atoms with van der Waals surface area (Å²) < 4.78 is 5.76. The fraction of sp³-hybridized carbons (Fsp3) is 1.00. The molecule has 1 saturated heterocycles. The standard InChI is InChI=1S/C20H41NO3/c1-3-4-5-6-7-8-9-10-11-12-13-14-15-19-20(23)18(16-22)21-17(2)24-19/h17-23H,3-16H2,1-2H3. The van der Waals surface area contributed by atoms with Gasteiger partial charge in [-0.05, 0) is 13.3 Å². The van der Waals surface area contributed by atoms with Crippen LogP contribution in [-0.2, 0) is 4.74 Å². The van der Waals surface area contributed by atoms with Gasteiger partial charge in [-0.3, -0.25) is 5.32 Å². The van der Waals surface area contributed by atoms with Gasteiger partial charge in [0.05, 0.1) is 24.9 Å². The average molecular weight is 344 g/mol. The smallest absolute Gasteiger partial charge is 0.106 e. The first-order valence-corrected chi connectivity index (χ1v) is 10.4. The highest BCUT2D eigenvalue weighted by Gasteiger charge is 2.34. The molecule has 1 aliphatic rings. The van der Waals surface area contributed by atoms with Crippen molar-refractivity contribution in [3.05, 3.63) is 0 Å². The van der Waals surface area contributed by atoms with Gasteiger partial charge in [-0.1, -0.05) is 84.0 Å². The molecule has 4 unspecified atom stereocenters. The van der Waals surface area contributed by atoms with Crippen molar-refractivity contribution in [2.24, 2.45) is 0 Å². The summed E-state index contributed by atoms with van der Waals surface area (Å²) in [5.41, 5.74) is 0. The predicted molar refractivity (Wildman–Crippen MR) is 100 cm³/mol. The number of aliphatic hydroxyl groups excluding tert-OH is 2. The van der Waals surface area contributed by atoms with E-state index in [9.17, 15) is 10.2 Å². The molecule has 4 atom stereocenters. The lowest BCUT2D eigenvalue weighted by molar-refractivity contribution is -0.146. The molecule has 0 amide bonds. The third-order valence-corrected chi connectivity index (χ3v) is 5.16. The molecule has 3 N–H and O–H groups in total. The molecule has 0 aromatic carbocycles. The van der Waals surface area contributed by atoms with Crippen LogP contribution < -0.4 is 5.32 Å². The maximum atomic E-state index is 10.2. The molecule has 0 bridgehead atoms. The maximum Gasteiger partial charge on any atom is 0.106 e. The molecule has 0 aromatic heterocycles. The molecule has 0 saturated carbocycles. The van der Waals surface area contributed by atoms with Gasteiger partial charge in [-0.2, -0.15) is 0 Å². The van der Waals surface area contributed by atoms with Crippen molar-refractivity contribution >= 4 is 0 Å². The van der Waals surface area contributed by atoms with Gasteiger partial charge in [-0.25, -0.2) is 0 Å². The van der Waals surface area contributed by atoms with E-state index >= 15 is 0 Å². The minimum atomic E-state index is -0.598. The Hall–Kier alpha value is -0.160. The molecule has 24 heavy (non-hydrogen) atoms. The van der Waals surface area contributed by atoms with Crippen molar-refractivity contribution < 1.29 is 14.9 Å². The summed E-state index contributed by atoms with van der Waals surface area (Å²) in [6.45, 7) is 4.16. The molecule has 1 fully saturated rings. The zero-order chi connectivity index (χ0) is 17.6. The van der Waals surface area contributed by atoms with Gasteiger partial charge >= 0.3 is 0 Å². The quantitative estimate of drug-likeness (QED) is 0.415. The second-order valence-corrected chi connectivity index (χ2v) is 7.44. The summed E-state index contributed by atoms with van der Waals surface area (Å²) in [6.07, 6.45) is 16.1. The van der Waals surface area contributed by atoms with Crippen LogP contribution in [0.1, 0.15) is 97.3 Å². The van der Waals surface area contributed by atoms with Crippen molar-refractivity contribution in [3.8, 4) is 0 Å². The first-order valence-electron chi connectivity index (χ1n) is 10.4. The second kappa shape index (κ2) is 14.1. The lowest BCUT2D eigenvalue weighted by Gasteiger charge is -2.38. The Kier molecular flexibility index (Phi) is 12.8. The molecule has 1 rings (SSSR count). The zero-order valence-electron chi connectivity index (χ0n) is 16.0. The molecule has 4 nitrogen and oxygen atoms in total. The van der Waals surface area contributed by atoms with Crippen molar-refractivity contribution in [3.63, 3.8) is 0 Å². The number of aliphatic hydroxyl groups is 2. The van der Waals surface area contributed by atoms with E-state index < -0.39 is 6.10 Å². The summed E-state index contributed by atoms with van der Waals surface area (Å²) in [7, 11) is 0. The highest BCUT2D eigenvalue weighted by atomic mass is 16.5. The number of rotatable bonds is 14. The molecule has 0 aromatic rings. The molecule has 1 aliphatic heterocycles. The van der Waals surface area contributed by atoms with Crippen LogP contribution in [0.15, 0.2) is 0 Å². The Morgan fingerprint density at radius 1 is 0.833 bits per heavy atom. The van der Waals surface area contributed by atoms with E-state index in [0.717, 1.165) is 12.8 Å². The summed E-state index contributed by atoms with van der Waals surface area (Å²) in [6, 6.07) is -0.254. The molecule has 0 radical (unpaired) electrons. The zero-order valence-corrected chi connectivity index (χ0v) is 16.0. The third kappa shape index (κ3) is 9.36. The van der Waals surface area contributed by atoms with Gasteiger partial charge in [0.2, 0.25) is 0 Å². The lowest BCUT2D eigenvalue weighted by Crippen LogP contribution is -2.59. The number of hydrogen-bond donors (Lipinski definition) is 3. The van der Waals surface area contributed by atoms with Crippen LogP contribution in [-0.4, -0.2) is 41.3 Å². The number of unbranched alkanes of at least 4 members (excludes halogenated alkanes) is 11. The van der Waals surface area contributed by atoms with Gasteiger partial charge < -0.3 is 14.9 Å². The first kappa shape index (κ1) is 21.9. The highest BCUT2D eigenvalue weighted by Crippen LogP contribution is 2.20. The summed E-state index contributed by atoms with van der Waals surface area (Å²) in [5, 5.41) is 22.5. The van der Waals surface area contributed by atoms with Crippen molar-refractivity contribution in [1.29, 1.82) is 0 Å². The fourth-order valence-electron chi connectivity index (χ4n) is 3.63. The molecule has 0 spiro atoms. The van der Waals surface area contributed by atoms with Gasteiger partial charge in [0.25, 0.3) is 0 Å². The Bertz CT molecular complexity index is 288. The lowest BCUT2D eigenvalue weighted by atomic mass is 9.97. The SMILES string of the molecule is CCCCCCCCCCCCCCC1OC(C)NC(CO)C1O. The van der Waals surface area contributed by atoms with Gasteiger partial charge in [-0.15, -0.1) is 0 Å². The van der Waals surface area contributed by atoms with Crippen LogP contribution >= 0.6 is 0 Å². The Morgan fingerprint density at radius 3 is 1.83 bits per heavy atom. The monoisotopic (exact) mass is 343 g/mol. The van der Waals surface area contributed by atoms with E-state index in [1.54, 1.807) is 0 Å². The van der Waals surface area contributed by atoms with Crippen LogP contribution in [0.25, 0.3) is 0 Å². The van der Waals surface area contributed by atoms with Crippen molar-refractivity contribution in [2.75, 3.05) is 6.61 Å². The van der Waals surface area contributed by atoms with Crippen LogP contribution in [0.4, 0.5) is 0 Å². The molecule has 144 valence electrons. The number of nitrogens with one attached hydrogen (secondary N) is 1. The molecule has 1 heterocycles. The Labute approximate surface area is 149 Å². The van der Waals surface area contributed by atoms with E-state index in [-0.39, 0.29) is 25.0 Å². The topological polar surface area (TPSA) is 61.7 Å². The van der Waals surface area contributed by atoms with Crippen LogP contribution in [0.3, 0.4) is 0 Å². The van der Waals surface area contributed by atoms with Crippen molar-refractivity contribution in [2.45, 2.75) is 122 Å². The fourth-order valence-corrected chi connectivity index (χ4v) is 3.63. The second-order valence-electron chi connectivity index (χ2n) is 7.44. The molecule has 4 heteroatoms. The minimum Gasteiger partial charge on any atom is -0.395 e. The Balaban J connectivity index is 1.93. The number of hydrogen-bond acceptors (Lipinski definition) is 4. The van der Waals surface area contributed by atoms with E-state index in [2.05, 4.69) is 12.2 Å². The van der Waals surface area contributed by atoms with E-state index in [4.69, 9.17) is 4.74 Å². The maximum absolute atomic E-state index is 10.2. The van der Waals surface area contributed by atoms with E-state index in [1.807, 2.05) is 6.92 Å². The van der Waals surface area contributed by atoms with Crippen molar-refractivity contribution in [1.82, 2.24) is 5.32 Å². The summed E-state index contributed by atoms with van der Waals surface area (Å²) >= 11 is 0. The van der Waals surface area contributed by atoms with E-state index in [1.165, 1.54) is 70.6 Å². The van der Waals surface area contributed by atoms with Gasteiger partial charge in [0.1, 0.15) is 6.23 Å². The number of ether oxygens (including phenoxy) is 1.